The lowest BCUT2D eigenvalue weighted by atomic mass is 9.72. The Morgan fingerprint density at radius 1 is 1.11 bits per heavy atom. The maximum Gasteiger partial charge on any atom is 0.326 e. The largest absolute Gasteiger partial charge is 0.480 e. The van der Waals surface area contributed by atoms with E-state index in [0.29, 0.717) is 5.56 Å². The SMILES string of the molecule is CC(C)(C)[C@H]1[C@H](NCc2ccc(F)cc2C#N)[C@H](c2ccccc2)N(C(=O)C2CCCCC2)[C@@H]1C(=O)O. The number of benzene rings is 2. The lowest BCUT2D eigenvalue weighted by Crippen LogP contribution is -2.49. The van der Waals surface area contributed by atoms with E-state index in [9.17, 15) is 24.3 Å². The van der Waals surface area contributed by atoms with Crippen LogP contribution in [-0.4, -0.2) is 34.0 Å². The summed E-state index contributed by atoms with van der Waals surface area (Å²) < 4.78 is 13.8. The first-order valence-electron chi connectivity index (χ1n) is 13.2. The maximum atomic E-state index is 14.1. The highest BCUT2D eigenvalue weighted by Gasteiger charge is 2.58. The van der Waals surface area contributed by atoms with E-state index in [1.165, 1.54) is 12.1 Å². The van der Waals surface area contributed by atoms with Crippen LogP contribution in [0.5, 0.6) is 0 Å². The molecule has 2 N–H and O–H groups in total. The van der Waals surface area contributed by atoms with Crippen molar-refractivity contribution >= 4 is 11.9 Å². The Hall–Kier alpha value is -3.24. The molecular formula is C30H36FN3O3. The third-order valence-corrected chi connectivity index (χ3v) is 7.99. The monoisotopic (exact) mass is 505 g/mol. The number of amides is 1. The van der Waals surface area contributed by atoms with Crippen LogP contribution in [0.15, 0.2) is 48.5 Å². The summed E-state index contributed by atoms with van der Waals surface area (Å²) in [6.07, 6.45) is 4.61. The van der Waals surface area contributed by atoms with E-state index in [-0.39, 0.29) is 23.9 Å². The van der Waals surface area contributed by atoms with Gasteiger partial charge in [-0.3, -0.25) is 4.79 Å². The van der Waals surface area contributed by atoms with Gasteiger partial charge in [-0.25, -0.2) is 9.18 Å². The molecule has 0 spiro atoms. The third kappa shape index (κ3) is 5.55. The smallest absolute Gasteiger partial charge is 0.326 e. The number of rotatable bonds is 6. The number of likely N-dealkylation sites (tertiary alicyclic amines) is 1. The molecule has 1 heterocycles. The van der Waals surface area contributed by atoms with Crippen LogP contribution in [-0.2, 0) is 16.1 Å². The molecule has 1 saturated heterocycles. The normalized spacial score (nSPS) is 24.6. The van der Waals surface area contributed by atoms with Crippen LogP contribution in [0, 0.1) is 34.4 Å². The third-order valence-electron chi connectivity index (χ3n) is 7.99. The second kappa shape index (κ2) is 11.0. The van der Waals surface area contributed by atoms with Crippen molar-refractivity contribution in [1.82, 2.24) is 10.2 Å². The van der Waals surface area contributed by atoms with Crippen molar-refractivity contribution in [2.24, 2.45) is 17.3 Å². The molecule has 1 amide bonds. The average Bonchev–Trinajstić information content (AvgIpc) is 3.24. The quantitative estimate of drug-likeness (QED) is 0.546. The molecule has 37 heavy (non-hydrogen) atoms. The molecule has 1 saturated carbocycles. The molecule has 1 aliphatic carbocycles. The predicted molar refractivity (Wildman–Crippen MR) is 139 cm³/mol. The van der Waals surface area contributed by atoms with E-state index in [2.05, 4.69) is 11.4 Å². The summed E-state index contributed by atoms with van der Waals surface area (Å²) in [5.74, 6) is -2.16. The van der Waals surface area contributed by atoms with Gasteiger partial charge < -0.3 is 15.3 Å². The second-order valence-corrected chi connectivity index (χ2v) is 11.4. The average molecular weight is 506 g/mol. The van der Waals surface area contributed by atoms with Gasteiger partial charge in [0.15, 0.2) is 0 Å². The van der Waals surface area contributed by atoms with Gasteiger partial charge in [-0.15, -0.1) is 0 Å². The number of carbonyl (C=O) groups is 2. The van der Waals surface area contributed by atoms with Crippen LogP contribution < -0.4 is 5.32 Å². The van der Waals surface area contributed by atoms with Gasteiger partial charge in [-0.05, 0) is 41.5 Å². The minimum absolute atomic E-state index is 0.0843. The molecule has 0 aromatic heterocycles. The van der Waals surface area contributed by atoms with Gasteiger partial charge in [0.2, 0.25) is 5.91 Å². The van der Waals surface area contributed by atoms with E-state index in [1.54, 1.807) is 11.0 Å². The Morgan fingerprint density at radius 3 is 2.38 bits per heavy atom. The number of carboxylic acids is 1. The molecular weight excluding hydrogens is 469 g/mol. The minimum atomic E-state index is -1.01. The fourth-order valence-corrected chi connectivity index (χ4v) is 6.32. The molecule has 2 aromatic carbocycles. The molecule has 0 radical (unpaired) electrons. The molecule has 4 rings (SSSR count). The molecule has 2 aromatic rings. The minimum Gasteiger partial charge on any atom is -0.480 e. The molecule has 4 atom stereocenters. The van der Waals surface area contributed by atoms with Crippen molar-refractivity contribution in [3.8, 4) is 6.07 Å². The van der Waals surface area contributed by atoms with Gasteiger partial charge in [0.1, 0.15) is 11.9 Å². The van der Waals surface area contributed by atoms with E-state index in [1.807, 2.05) is 51.1 Å². The summed E-state index contributed by atoms with van der Waals surface area (Å²) in [5.41, 5.74) is 1.30. The number of halogens is 1. The lowest BCUT2D eigenvalue weighted by Gasteiger charge is -2.36. The second-order valence-electron chi connectivity index (χ2n) is 11.4. The number of nitrogens with zero attached hydrogens (tertiary/aromatic N) is 2. The van der Waals surface area contributed by atoms with Gasteiger partial charge in [0.05, 0.1) is 17.7 Å². The van der Waals surface area contributed by atoms with Crippen molar-refractivity contribution in [3.05, 3.63) is 71.0 Å². The zero-order valence-corrected chi connectivity index (χ0v) is 21.8. The topological polar surface area (TPSA) is 93.4 Å². The van der Waals surface area contributed by atoms with Crippen molar-refractivity contribution in [3.63, 3.8) is 0 Å². The standard InChI is InChI=1S/C30H36FN3O3/c1-30(2,3)24-25(33-18-21-14-15-23(31)16-22(21)17-32)26(19-10-6-4-7-11-19)34(27(24)29(36)37)28(35)20-12-8-5-9-13-20/h4,6-7,10-11,14-16,20,24-27,33H,5,8-9,12-13,18H2,1-3H3,(H,36,37)/t24-,25-,26-,27-/m0/s1. The number of carboxylic acid groups (broad SMARTS) is 1. The molecule has 0 unspecified atom stereocenters. The van der Waals surface area contributed by atoms with Gasteiger partial charge in [-0.1, -0.05) is 76.4 Å². The zero-order valence-electron chi connectivity index (χ0n) is 21.8. The van der Waals surface area contributed by atoms with E-state index in [4.69, 9.17) is 0 Å². The summed E-state index contributed by atoms with van der Waals surface area (Å²) in [5, 5.41) is 23.6. The highest BCUT2D eigenvalue weighted by atomic mass is 19.1. The first-order valence-corrected chi connectivity index (χ1v) is 13.2. The molecule has 7 heteroatoms. The van der Waals surface area contributed by atoms with Crippen LogP contribution in [0.25, 0.3) is 0 Å². The highest BCUT2D eigenvalue weighted by molar-refractivity contribution is 5.87. The predicted octanol–water partition coefficient (Wildman–Crippen LogP) is 5.43. The Balaban J connectivity index is 1.80. The van der Waals surface area contributed by atoms with Gasteiger partial charge in [0, 0.05) is 24.4 Å². The number of hydrogen-bond donors (Lipinski definition) is 2. The summed E-state index contributed by atoms with van der Waals surface area (Å²) in [7, 11) is 0. The molecule has 6 nitrogen and oxygen atoms in total. The zero-order chi connectivity index (χ0) is 26.7. The van der Waals surface area contributed by atoms with Crippen LogP contribution in [0.2, 0.25) is 0 Å². The fourth-order valence-electron chi connectivity index (χ4n) is 6.32. The van der Waals surface area contributed by atoms with Crippen LogP contribution in [0.1, 0.15) is 75.6 Å². The number of hydrogen-bond acceptors (Lipinski definition) is 4. The Bertz CT molecular complexity index is 1160. The van der Waals surface area contributed by atoms with Crippen molar-refractivity contribution in [1.29, 1.82) is 5.26 Å². The van der Waals surface area contributed by atoms with Crippen LogP contribution in [0.4, 0.5) is 4.39 Å². The van der Waals surface area contributed by atoms with Crippen molar-refractivity contribution in [2.45, 2.75) is 77.5 Å². The van der Waals surface area contributed by atoms with Gasteiger partial charge in [-0.2, -0.15) is 5.26 Å². The van der Waals surface area contributed by atoms with Gasteiger partial charge in [0.25, 0.3) is 0 Å². The lowest BCUT2D eigenvalue weighted by molar-refractivity contribution is -0.154. The fraction of sp³-hybridized carbons (Fsp3) is 0.500. The first-order chi connectivity index (χ1) is 17.6. The van der Waals surface area contributed by atoms with E-state index in [0.717, 1.165) is 37.7 Å². The molecule has 2 aliphatic rings. The Kier molecular flexibility index (Phi) is 7.99. The highest BCUT2D eigenvalue weighted by Crippen LogP contribution is 2.49. The van der Waals surface area contributed by atoms with Gasteiger partial charge >= 0.3 is 5.97 Å². The van der Waals surface area contributed by atoms with Crippen molar-refractivity contribution in [2.75, 3.05) is 0 Å². The summed E-state index contributed by atoms with van der Waals surface area (Å²) in [6.45, 7) is 6.29. The van der Waals surface area contributed by atoms with Crippen molar-refractivity contribution < 1.29 is 19.1 Å². The molecule has 1 aliphatic heterocycles. The molecule has 196 valence electrons. The summed E-state index contributed by atoms with van der Waals surface area (Å²) in [4.78, 5) is 28.6. The number of nitriles is 1. The Labute approximate surface area is 218 Å². The summed E-state index contributed by atoms with van der Waals surface area (Å²) >= 11 is 0. The molecule has 2 fully saturated rings. The van der Waals surface area contributed by atoms with E-state index < -0.39 is 41.2 Å². The number of nitrogens with one attached hydrogen (secondary N) is 1. The number of aliphatic carboxylic acids is 1. The first kappa shape index (κ1) is 26.8. The van der Waals surface area contributed by atoms with Crippen LogP contribution >= 0.6 is 0 Å². The van der Waals surface area contributed by atoms with Crippen LogP contribution in [0.3, 0.4) is 0 Å². The summed E-state index contributed by atoms with van der Waals surface area (Å²) in [6, 6.07) is 13.9. The van der Waals surface area contributed by atoms with E-state index >= 15 is 0 Å². The molecule has 0 bridgehead atoms. The number of carbonyl (C=O) groups excluding carboxylic acids is 1. The maximum absolute atomic E-state index is 14.1. The Morgan fingerprint density at radius 2 is 1.78 bits per heavy atom.